The Balaban J connectivity index is 1.59. The van der Waals surface area contributed by atoms with E-state index >= 15 is 0 Å². The summed E-state index contributed by atoms with van der Waals surface area (Å²) in [5.74, 6) is 0.790. The van der Waals surface area contributed by atoms with Crippen molar-refractivity contribution in [3.05, 3.63) is 26.6 Å². The van der Waals surface area contributed by atoms with Crippen LogP contribution in [0.25, 0.3) is 10.2 Å². The number of hydrogen-bond donors (Lipinski definition) is 2. The average Bonchev–Trinajstić information content (AvgIpc) is 3.20. The zero-order chi connectivity index (χ0) is 15.8. The predicted octanol–water partition coefficient (Wildman–Crippen LogP) is 2.21. The van der Waals surface area contributed by atoms with E-state index < -0.39 is 0 Å². The number of nitrogens with zero attached hydrogens (tertiary/aromatic N) is 2. The third-order valence-electron chi connectivity index (χ3n) is 5.17. The Morgan fingerprint density at radius 2 is 2.26 bits per heavy atom. The highest BCUT2D eigenvalue weighted by atomic mass is 32.1. The molecule has 1 saturated heterocycles. The summed E-state index contributed by atoms with van der Waals surface area (Å²) in [6.45, 7) is 2.02. The third-order valence-corrected chi connectivity index (χ3v) is 6.36. The number of rotatable bonds is 5. The van der Waals surface area contributed by atoms with Gasteiger partial charge in [-0.2, -0.15) is 0 Å². The van der Waals surface area contributed by atoms with E-state index in [-0.39, 0.29) is 12.2 Å². The number of aliphatic hydroxyl groups is 1. The van der Waals surface area contributed by atoms with Crippen molar-refractivity contribution in [3.8, 4) is 0 Å². The van der Waals surface area contributed by atoms with E-state index in [1.807, 2.05) is 0 Å². The van der Waals surface area contributed by atoms with Crippen LogP contribution in [0.4, 0.5) is 0 Å². The quantitative estimate of drug-likeness (QED) is 0.880. The number of likely N-dealkylation sites (tertiary alicyclic amines) is 1. The Morgan fingerprint density at radius 3 is 3.13 bits per heavy atom. The Morgan fingerprint density at radius 1 is 1.35 bits per heavy atom. The van der Waals surface area contributed by atoms with E-state index in [0.717, 1.165) is 48.3 Å². The molecule has 6 heteroatoms. The number of nitrogens with one attached hydrogen (secondary N) is 1. The molecule has 2 aromatic heterocycles. The molecule has 124 valence electrons. The minimum Gasteiger partial charge on any atom is -0.396 e. The highest BCUT2D eigenvalue weighted by Gasteiger charge is 2.26. The lowest BCUT2D eigenvalue weighted by molar-refractivity contribution is 0.206. The average molecular weight is 333 g/mol. The van der Waals surface area contributed by atoms with Crippen LogP contribution >= 0.6 is 11.3 Å². The number of fused-ring (bicyclic) bond motifs is 3. The summed E-state index contributed by atoms with van der Waals surface area (Å²) in [4.78, 5) is 25.0. The first-order chi connectivity index (χ1) is 11.3. The fraction of sp³-hybridized carbons (Fsp3) is 0.647. The predicted molar refractivity (Wildman–Crippen MR) is 92.0 cm³/mol. The number of H-pyrrole nitrogens is 1. The maximum atomic E-state index is 12.5. The topological polar surface area (TPSA) is 69.2 Å². The fourth-order valence-corrected chi connectivity index (χ4v) is 5.35. The zero-order valence-corrected chi connectivity index (χ0v) is 14.1. The lowest BCUT2D eigenvalue weighted by atomic mass is 10.1. The molecule has 0 radical (unpaired) electrons. The molecule has 23 heavy (non-hydrogen) atoms. The van der Waals surface area contributed by atoms with Crippen molar-refractivity contribution in [3.63, 3.8) is 0 Å². The zero-order valence-electron chi connectivity index (χ0n) is 13.3. The third kappa shape index (κ3) is 2.84. The van der Waals surface area contributed by atoms with Gasteiger partial charge in [0.2, 0.25) is 0 Å². The van der Waals surface area contributed by atoms with Crippen LogP contribution in [-0.2, 0) is 19.4 Å². The molecule has 2 aliphatic rings. The van der Waals surface area contributed by atoms with Crippen LogP contribution in [0.15, 0.2) is 4.79 Å². The number of aromatic nitrogens is 2. The molecule has 1 aliphatic heterocycles. The molecule has 0 saturated carbocycles. The highest BCUT2D eigenvalue weighted by Crippen LogP contribution is 2.34. The van der Waals surface area contributed by atoms with Gasteiger partial charge in [0.1, 0.15) is 10.7 Å². The van der Waals surface area contributed by atoms with E-state index in [1.54, 1.807) is 11.3 Å². The number of aliphatic hydroxyl groups excluding tert-OH is 1. The summed E-state index contributed by atoms with van der Waals surface area (Å²) >= 11 is 1.70. The van der Waals surface area contributed by atoms with E-state index in [2.05, 4.69) is 9.88 Å². The van der Waals surface area contributed by atoms with Gasteiger partial charge in [0.05, 0.1) is 11.9 Å². The second-order valence-corrected chi connectivity index (χ2v) is 7.77. The summed E-state index contributed by atoms with van der Waals surface area (Å²) in [5, 5.41) is 9.88. The van der Waals surface area contributed by atoms with Gasteiger partial charge in [-0.1, -0.05) is 0 Å². The van der Waals surface area contributed by atoms with Gasteiger partial charge in [-0.05, 0) is 57.1 Å². The molecule has 0 aromatic carbocycles. The monoisotopic (exact) mass is 333 g/mol. The van der Waals surface area contributed by atoms with Crippen molar-refractivity contribution < 1.29 is 5.11 Å². The van der Waals surface area contributed by atoms with Crippen LogP contribution in [0.1, 0.15) is 48.4 Å². The number of hydrogen-bond acceptors (Lipinski definition) is 5. The molecule has 1 atom stereocenters. The maximum Gasteiger partial charge on any atom is 0.259 e. The van der Waals surface area contributed by atoms with Crippen molar-refractivity contribution >= 4 is 21.6 Å². The largest absolute Gasteiger partial charge is 0.396 e. The van der Waals surface area contributed by atoms with E-state index in [4.69, 9.17) is 10.1 Å². The van der Waals surface area contributed by atoms with Gasteiger partial charge in [0.15, 0.2) is 0 Å². The Kier molecular flexibility index (Phi) is 4.22. The molecule has 1 fully saturated rings. The van der Waals surface area contributed by atoms with E-state index in [9.17, 15) is 4.79 Å². The normalized spacial score (nSPS) is 21.3. The highest BCUT2D eigenvalue weighted by molar-refractivity contribution is 7.18. The van der Waals surface area contributed by atoms with Crippen LogP contribution in [0.5, 0.6) is 0 Å². The second-order valence-electron chi connectivity index (χ2n) is 6.68. The van der Waals surface area contributed by atoms with Gasteiger partial charge in [0, 0.05) is 17.5 Å². The molecule has 0 spiro atoms. The summed E-state index contributed by atoms with van der Waals surface area (Å²) in [6, 6.07) is 0.511. The molecule has 1 unspecified atom stereocenters. The van der Waals surface area contributed by atoms with Crippen molar-refractivity contribution in [1.82, 2.24) is 14.9 Å². The van der Waals surface area contributed by atoms with Gasteiger partial charge in [-0.15, -0.1) is 11.3 Å². The van der Waals surface area contributed by atoms with Gasteiger partial charge >= 0.3 is 0 Å². The molecular formula is C17H23N3O2S. The second kappa shape index (κ2) is 6.34. The fourth-order valence-electron chi connectivity index (χ4n) is 4.07. The molecule has 3 heterocycles. The van der Waals surface area contributed by atoms with Crippen LogP contribution in [0.2, 0.25) is 0 Å². The number of aromatic amines is 1. The van der Waals surface area contributed by atoms with Crippen LogP contribution < -0.4 is 5.56 Å². The summed E-state index contributed by atoms with van der Waals surface area (Å²) in [6.07, 6.45) is 7.53. The van der Waals surface area contributed by atoms with Crippen molar-refractivity contribution in [2.24, 2.45) is 0 Å². The Hall–Kier alpha value is -1.24. The lowest BCUT2D eigenvalue weighted by Gasteiger charge is -2.23. The van der Waals surface area contributed by atoms with Crippen LogP contribution in [-0.4, -0.2) is 39.2 Å². The Bertz CT molecular complexity index is 767. The van der Waals surface area contributed by atoms with Gasteiger partial charge in [-0.25, -0.2) is 4.98 Å². The minimum absolute atomic E-state index is 0.0375. The Labute approximate surface area is 139 Å². The van der Waals surface area contributed by atoms with Crippen molar-refractivity contribution in [2.75, 3.05) is 13.2 Å². The molecule has 0 bridgehead atoms. The summed E-state index contributed by atoms with van der Waals surface area (Å²) < 4.78 is 0. The van der Waals surface area contributed by atoms with Gasteiger partial charge in [-0.3, -0.25) is 9.69 Å². The van der Waals surface area contributed by atoms with Crippen molar-refractivity contribution in [2.45, 2.75) is 57.5 Å². The first-order valence-corrected chi connectivity index (χ1v) is 9.46. The van der Waals surface area contributed by atoms with E-state index in [0.29, 0.717) is 12.6 Å². The molecule has 4 rings (SSSR count). The summed E-state index contributed by atoms with van der Waals surface area (Å²) in [5.41, 5.74) is 1.28. The number of aryl methyl sites for hydroxylation is 2. The molecule has 1 aliphatic carbocycles. The summed E-state index contributed by atoms with van der Waals surface area (Å²) in [7, 11) is 0. The standard InChI is InChI=1S/C17H23N3O2S/c21-9-3-5-11-4-2-8-20(11)10-14-18-16(22)15-12-6-1-7-13(12)23-17(15)19-14/h11,21H,1-10H2,(H,18,19,22). The van der Waals surface area contributed by atoms with E-state index in [1.165, 1.54) is 29.7 Å². The van der Waals surface area contributed by atoms with Gasteiger partial charge < -0.3 is 10.1 Å². The number of thiophene rings is 1. The molecule has 2 N–H and O–H groups in total. The molecular weight excluding hydrogens is 310 g/mol. The van der Waals surface area contributed by atoms with Gasteiger partial charge in [0.25, 0.3) is 5.56 Å². The molecule has 5 nitrogen and oxygen atoms in total. The first kappa shape index (κ1) is 15.3. The smallest absolute Gasteiger partial charge is 0.259 e. The minimum atomic E-state index is 0.0375. The van der Waals surface area contributed by atoms with Crippen LogP contribution in [0, 0.1) is 0 Å². The molecule has 2 aromatic rings. The maximum absolute atomic E-state index is 12.5. The van der Waals surface area contributed by atoms with Crippen LogP contribution in [0.3, 0.4) is 0 Å². The SMILES string of the molecule is O=c1[nH]c(CN2CCCC2CCCO)nc2sc3c(c12)CCC3. The molecule has 0 amide bonds. The first-order valence-electron chi connectivity index (χ1n) is 8.64. The van der Waals surface area contributed by atoms with Crippen molar-refractivity contribution in [1.29, 1.82) is 0 Å². The lowest BCUT2D eigenvalue weighted by Crippen LogP contribution is -2.30.